The maximum Gasteiger partial charge on any atom is 0.121 e. The van der Waals surface area contributed by atoms with E-state index in [9.17, 15) is 5.11 Å². The van der Waals surface area contributed by atoms with E-state index in [1.54, 1.807) is 31.2 Å². The minimum Gasteiger partial charge on any atom is -0.491 e. The van der Waals surface area contributed by atoms with Gasteiger partial charge in [0.2, 0.25) is 0 Å². The lowest BCUT2D eigenvalue weighted by atomic mass is 9.93. The molecule has 1 atom stereocenters. The Morgan fingerprint density at radius 3 is 2.59 bits per heavy atom. The highest BCUT2D eigenvalue weighted by molar-refractivity contribution is 6.33. The van der Waals surface area contributed by atoms with Gasteiger partial charge in [0.1, 0.15) is 12.4 Å². The van der Waals surface area contributed by atoms with Gasteiger partial charge in [0.05, 0.1) is 34.6 Å². The van der Waals surface area contributed by atoms with Gasteiger partial charge in [0, 0.05) is 38.8 Å². The Kier molecular flexibility index (Phi) is 6.99. The SMILES string of the molecule is C[C@@](O)(CN1CCN(c2ccc(OCCO)cc2Cl)CC1)c1cccc(C#N)c1. The van der Waals surface area contributed by atoms with Crippen LogP contribution < -0.4 is 9.64 Å². The number of piperazine rings is 1. The number of hydrogen-bond acceptors (Lipinski definition) is 6. The van der Waals surface area contributed by atoms with E-state index in [1.807, 2.05) is 18.2 Å². The van der Waals surface area contributed by atoms with E-state index in [4.69, 9.17) is 26.7 Å². The molecule has 6 nitrogen and oxygen atoms in total. The highest BCUT2D eigenvalue weighted by Crippen LogP contribution is 2.31. The van der Waals surface area contributed by atoms with Crippen molar-refractivity contribution in [2.75, 3.05) is 50.8 Å². The van der Waals surface area contributed by atoms with E-state index < -0.39 is 5.60 Å². The zero-order chi connectivity index (χ0) is 20.9. The number of benzene rings is 2. The van der Waals surface area contributed by atoms with Crippen molar-refractivity contribution in [3.63, 3.8) is 0 Å². The fourth-order valence-electron chi connectivity index (χ4n) is 3.59. The van der Waals surface area contributed by atoms with Gasteiger partial charge in [-0.3, -0.25) is 4.90 Å². The Bertz CT molecular complexity index is 874. The summed E-state index contributed by atoms with van der Waals surface area (Å²) < 4.78 is 5.40. The molecular weight excluding hydrogens is 390 g/mol. The molecule has 1 heterocycles. The average Bonchev–Trinajstić information content (AvgIpc) is 2.73. The van der Waals surface area contributed by atoms with Crippen LogP contribution in [0.3, 0.4) is 0 Å². The zero-order valence-corrected chi connectivity index (χ0v) is 17.3. The molecule has 1 aliphatic rings. The van der Waals surface area contributed by atoms with E-state index in [-0.39, 0.29) is 13.2 Å². The van der Waals surface area contributed by atoms with Crippen molar-refractivity contribution in [2.24, 2.45) is 0 Å². The fourth-order valence-corrected chi connectivity index (χ4v) is 3.88. The fraction of sp³-hybridized carbons (Fsp3) is 0.409. The molecule has 29 heavy (non-hydrogen) atoms. The summed E-state index contributed by atoms with van der Waals surface area (Å²) >= 11 is 6.43. The maximum atomic E-state index is 11.0. The molecule has 0 amide bonds. The van der Waals surface area contributed by atoms with Gasteiger partial charge in [0.15, 0.2) is 0 Å². The van der Waals surface area contributed by atoms with Crippen molar-refractivity contribution in [1.82, 2.24) is 4.90 Å². The van der Waals surface area contributed by atoms with Crippen LogP contribution in [-0.4, -0.2) is 61.1 Å². The van der Waals surface area contributed by atoms with Crippen LogP contribution in [0.2, 0.25) is 5.02 Å². The molecule has 0 bridgehead atoms. The van der Waals surface area contributed by atoms with Gasteiger partial charge in [-0.1, -0.05) is 23.7 Å². The van der Waals surface area contributed by atoms with Crippen molar-refractivity contribution in [2.45, 2.75) is 12.5 Å². The van der Waals surface area contributed by atoms with Crippen molar-refractivity contribution in [3.05, 3.63) is 58.6 Å². The number of halogens is 1. The number of β-amino-alcohol motifs (C(OH)–C–C–N with tert-alkyl or cyclic N) is 1. The molecule has 2 N–H and O–H groups in total. The largest absolute Gasteiger partial charge is 0.491 e. The molecule has 0 saturated carbocycles. The van der Waals surface area contributed by atoms with Gasteiger partial charge < -0.3 is 19.8 Å². The Hall–Kier alpha value is -2.30. The molecule has 1 saturated heterocycles. The molecule has 154 valence electrons. The van der Waals surface area contributed by atoms with Crippen molar-refractivity contribution < 1.29 is 14.9 Å². The van der Waals surface area contributed by atoms with E-state index in [2.05, 4.69) is 15.9 Å². The lowest BCUT2D eigenvalue weighted by molar-refractivity contribution is 0.0143. The number of aliphatic hydroxyl groups is 2. The number of nitrogens with zero attached hydrogens (tertiary/aromatic N) is 3. The summed E-state index contributed by atoms with van der Waals surface area (Å²) in [5.74, 6) is 0.641. The van der Waals surface area contributed by atoms with Gasteiger partial charge >= 0.3 is 0 Å². The minimum atomic E-state index is -1.03. The van der Waals surface area contributed by atoms with Gasteiger partial charge in [-0.15, -0.1) is 0 Å². The second kappa shape index (κ2) is 9.47. The number of rotatable bonds is 7. The molecule has 7 heteroatoms. The predicted molar refractivity (Wildman–Crippen MR) is 113 cm³/mol. The highest BCUT2D eigenvalue weighted by Gasteiger charge is 2.29. The van der Waals surface area contributed by atoms with Gasteiger partial charge in [-0.25, -0.2) is 0 Å². The van der Waals surface area contributed by atoms with E-state index in [1.165, 1.54) is 0 Å². The second-order valence-corrected chi connectivity index (χ2v) is 7.82. The quantitative estimate of drug-likeness (QED) is 0.723. The minimum absolute atomic E-state index is 0.0358. The van der Waals surface area contributed by atoms with Crippen LogP contribution in [0, 0.1) is 11.3 Å². The summed E-state index contributed by atoms with van der Waals surface area (Å²) in [6.07, 6.45) is 0. The monoisotopic (exact) mass is 415 g/mol. The first-order valence-corrected chi connectivity index (χ1v) is 10.0. The molecule has 0 aliphatic carbocycles. The molecule has 0 spiro atoms. The van der Waals surface area contributed by atoms with Gasteiger partial charge in [0.25, 0.3) is 0 Å². The number of nitriles is 1. The lowest BCUT2D eigenvalue weighted by Gasteiger charge is -2.39. The molecule has 0 unspecified atom stereocenters. The standard InChI is InChI=1S/C22H26ClN3O3/c1-22(28,18-4-2-3-17(13-18)15-24)16-25-7-9-26(10-8-25)21-6-5-19(14-20(21)23)29-12-11-27/h2-6,13-14,27-28H,7-12,16H2,1H3/t22-/m1/s1. The van der Waals surface area contributed by atoms with Gasteiger partial charge in [-0.05, 0) is 36.8 Å². The predicted octanol–water partition coefficient (Wildman–Crippen LogP) is 2.61. The third kappa shape index (κ3) is 5.40. The average molecular weight is 416 g/mol. The first-order valence-electron chi connectivity index (χ1n) is 9.66. The molecule has 2 aromatic rings. The summed E-state index contributed by atoms with van der Waals surface area (Å²) in [7, 11) is 0. The second-order valence-electron chi connectivity index (χ2n) is 7.41. The van der Waals surface area contributed by atoms with E-state index in [0.29, 0.717) is 22.9 Å². The highest BCUT2D eigenvalue weighted by atomic mass is 35.5. The van der Waals surface area contributed by atoms with Crippen molar-refractivity contribution >= 4 is 17.3 Å². The molecule has 0 aromatic heterocycles. The third-order valence-electron chi connectivity index (χ3n) is 5.14. The number of aliphatic hydroxyl groups excluding tert-OH is 1. The Labute approximate surface area is 176 Å². The van der Waals surface area contributed by atoms with Crippen molar-refractivity contribution in [1.29, 1.82) is 5.26 Å². The van der Waals surface area contributed by atoms with Crippen LogP contribution in [0.25, 0.3) is 0 Å². The molecule has 1 fully saturated rings. The lowest BCUT2D eigenvalue weighted by Crippen LogP contribution is -2.50. The van der Waals surface area contributed by atoms with E-state index >= 15 is 0 Å². The number of ether oxygens (including phenoxy) is 1. The van der Waals surface area contributed by atoms with Crippen LogP contribution in [0.1, 0.15) is 18.1 Å². The number of hydrogen-bond donors (Lipinski definition) is 2. The molecule has 0 radical (unpaired) electrons. The smallest absolute Gasteiger partial charge is 0.121 e. The Balaban J connectivity index is 1.59. The molecule has 1 aliphatic heterocycles. The van der Waals surface area contributed by atoms with E-state index in [0.717, 1.165) is 37.4 Å². The van der Waals surface area contributed by atoms with Crippen molar-refractivity contribution in [3.8, 4) is 11.8 Å². The molecule has 3 rings (SSSR count). The van der Waals surface area contributed by atoms with Crippen LogP contribution in [-0.2, 0) is 5.60 Å². The first kappa shape index (κ1) is 21.4. The first-order chi connectivity index (χ1) is 13.9. The zero-order valence-electron chi connectivity index (χ0n) is 16.5. The van der Waals surface area contributed by atoms with Crippen LogP contribution >= 0.6 is 11.6 Å². The maximum absolute atomic E-state index is 11.0. The summed E-state index contributed by atoms with van der Waals surface area (Å²) in [5, 5.41) is 29.5. The number of anilines is 1. The summed E-state index contributed by atoms with van der Waals surface area (Å²) in [6, 6.07) is 14.8. The summed E-state index contributed by atoms with van der Waals surface area (Å²) in [4.78, 5) is 4.45. The summed E-state index contributed by atoms with van der Waals surface area (Å²) in [6.45, 7) is 5.68. The van der Waals surface area contributed by atoms with Crippen LogP contribution in [0.5, 0.6) is 5.75 Å². The third-order valence-corrected chi connectivity index (χ3v) is 5.44. The molecular formula is C22H26ClN3O3. The van der Waals surface area contributed by atoms with Gasteiger partial charge in [-0.2, -0.15) is 5.26 Å². The Morgan fingerprint density at radius 2 is 1.93 bits per heavy atom. The normalized spacial score (nSPS) is 16.9. The topological polar surface area (TPSA) is 80.0 Å². The van der Waals surface area contributed by atoms with Crippen LogP contribution in [0.15, 0.2) is 42.5 Å². The Morgan fingerprint density at radius 1 is 1.17 bits per heavy atom. The summed E-state index contributed by atoms with van der Waals surface area (Å²) in [5.41, 5.74) is 1.23. The van der Waals surface area contributed by atoms with Crippen LogP contribution in [0.4, 0.5) is 5.69 Å². The molecule has 2 aromatic carbocycles.